The number of aliphatic hydroxyl groups excluding tert-OH is 1. The first-order valence-corrected chi connectivity index (χ1v) is 8.46. The molecule has 4 saturated carbocycles. The van der Waals surface area contributed by atoms with Crippen LogP contribution in [0.5, 0.6) is 0 Å². The molecule has 0 aromatic rings. The molecule has 0 aromatic heterocycles. The molecule has 0 radical (unpaired) electrons. The van der Waals surface area contributed by atoms with Crippen LogP contribution in [-0.2, 0) is 4.74 Å². The van der Waals surface area contributed by atoms with Crippen molar-refractivity contribution < 1.29 is 14.6 Å². The second kappa shape index (κ2) is 5.45. The van der Waals surface area contributed by atoms with Crippen LogP contribution in [0.2, 0.25) is 0 Å². The minimum absolute atomic E-state index is 0.00325. The van der Waals surface area contributed by atoms with E-state index in [1.165, 1.54) is 25.7 Å². The maximum atomic E-state index is 11.9. The van der Waals surface area contributed by atoms with Crippen LogP contribution in [0.1, 0.15) is 52.9 Å². The predicted molar refractivity (Wildman–Crippen MR) is 80.8 cm³/mol. The first-order valence-electron chi connectivity index (χ1n) is 8.46. The number of carbonyl (C=O) groups excluding carboxylic acids is 1. The largest absolute Gasteiger partial charge is 0.444 e. The molecule has 4 bridgehead atoms. The van der Waals surface area contributed by atoms with Gasteiger partial charge < -0.3 is 15.2 Å². The molecule has 4 aliphatic carbocycles. The van der Waals surface area contributed by atoms with Crippen molar-refractivity contribution in [1.29, 1.82) is 0 Å². The van der Waals surface area contributed by atoms with E-state index in [1.54, 1.807) is 0 Å². The van der Waals surface area contributed by atoms with Gasteiger partial charge in [0, 0.05) is 0 Å². The monoisotopic (exact) mass is 295 g/mol. The molecule has 4 heteroatoms. The number of hydrogen-bond acceptors (Lipinski definition) is 3. The first-order chi connectivity index (χ1) is 9.85. The van der Waals surface area contributed by atoms with Crippen molar-refractivity contribution in [3.63, 3.8) is 0 Å². The van der Waals surface area contributed by atoms with Gasteiger partial charge in [-0.25, -0.2) is 4.79 Å². The van der Waals surface area contributed by atoms with Crippen LogP contribution in [0.25, 0.3) is 0 Å². The van der Waals surface area contributed by atoms with E-state index in [0.717, 1.165) is 30.1 Å². The Kier molecular flexibility index (Phi) is 3.93. The Labute approximate surface area is 127 Å². The van der Waals surface area contributed by atoms with E-state index in [1.807, 2.05) is 20.8 Å². The summed E-state index contributed by atoms with van der Waals surface area (Å²) >= 11 is 0. The van der Waals surface area contributed by atoms with Crippen LogP contribution >= 0.6 is 0 Å². The number of hydrogen-bond donors (Lipinski definition) is 2. The first kappa shape index (κ1) is 15.1. The van der Waals surface area contributed by atoms with Gasteiger partial charge in [-0.05, 0) is 82.5 Å². The predicted octanol–water partition coefficient (Wildman–Crippen LogP) is 2.94. The molecule has 6 atom stereocenters. The molecule has 4 rings (SSSR count). The highest BCUT2D eigenvalue weighted by atomic mass is 16.6. The van der Waals surface area contributed by atoms with Crippen LogP contribution in [0.3, 0.4) is 0 Å². The molecule has 4 fully saturated rings. The lowest BCUT2D eigenvalue weighted by Gasteiger charge is -2.34. The molecule has 0 aromatic carbocycles. The summed E-state index contributed by atoms with van der Waals surface area (Å²) in [7, 11) is 0. The van der Waals surface area contributed by atoms with Gasteiger partial charge >= 0.3 is 6.09 Å². The van der Waals surface area contributed by atoms with Crippen molar-refractivity contribution >= 4 is 6.09 Å². The Morgan fingerprint density at radius 1 is 1.24 bits per heavy atom. The van der Waals surface area contributed by atoms with Crippen LogP contribution in [0.15, 0.2) is 0 Å². The summed E-state index contributed by atoms with van der Waals surface area (Å²) in [5.74, 6) is 4.28. The third kappa shape index (κ3) is 3.20. The summed E-state index contributed by atoms with van der Waals surface area (Å²) in [5.41, 5.74) is -0.491. The quantitative estimate of drug-likeness (QED) is 0.838. The van der Waals surface area contributed by atoms with Crippen LogP contribution in [-0.4, -0.2) is 29.4 Å². The number of aliphatic hydroxyl groups is 1. The molecular formula is C17H29NO3. The van der Waals surface area contributed by atoms with E-state index < -0.39 is 11.7 Å². The highest BCUT2D eigenvalue weighted by molar-refractivity contribution is 5.68. The Balaban J connectivity index is 1.54. The lowest BCUT2D eigenvalue weighted by Crippen LogP contribution is -2.43. The Bertz CT molecular complexity index is 399. The van der Waals surface area contributed by atoms with E-state index in [9.17, 15) is 9.90 Å². The fourth-order valence-corrected chi connectivity index (χ4v) is 5.23. The second-order valence-electron chi connectivity index (χ2n) is 8.42. The fraction of sp³-hybridized carbons (Fsp3) is 0.941. The van der Waals surface area contributed by atoms with Gasteiger partial charge in [0.2, 0.25) is 0 Å². The SMILES string of the molecule is CC(C)(C)OC(=O)N[C@H](CO)C[C@H]1[C@H]2C[C@@H]3C[C@@H](C2)[C@@H]1C3. The number of amides is 1. The number of nitrogens with one attached hydrogen (secondary N) is 1. The van der Waals surface area contributed by atoms with Crippen molar-refractivity contribution in [3.8, 4) is 0 Å². The summed E-state index contributed by atoms with van der Waals surface area (Å²) in [6, 6.07) is -0.164. The van der Waals surface area contributed by atoms with Gasteiger partial charge in [-0.15, -0.1) is 0 Å². The van der Waals surface area contributed by atoms with Crippen LogP contribution in [0.4, 0.5) is 4.79 Å². The fourth-order valence-electron chi connectivity index (χ4n) is 5.23. The smallest absolute Gasteiger partial charge is 0.407 e. The third-order valence-corrected chi connectivity index (χ3v) is 5.74. The average molecular weight is 295 g/mol. The zero-order valence-corrected chi connectivity index (χ0v) is 13.5. The van der Waals surface area contributed by atoms with Crippen LogP contribution < -0.4 is 5.32 Å². The molecule has 21 heavy (non-hydrogen) atoms. The molecule has 1 amide bonds. The molecule has 4 aliphatic rings. The molecule has 0 unspecified atom stereocenters. The second-order valence-corrected chi connectivity index (χ2v) is 8.42. The van der Waals surface area contributed by atoms with Gasteiger partial charge in [0.15, 0.2) is 0 Å². The minimum atomic E-state index is -0.491. The van der Waals surface area contributed by atoms with E-state index in [2.05, 4.69) is 5.32 Å². The number of alkyl carbamates (subject to hydrolysis) is 1. The zero-order valence-electron chi connectivity index (χ0n) is 13.5. The van der Waals surface area contributed by atoms with Crippen molar-refractivity contribution in [2.45, 2.75) is 64.5 Å². The molecule has 0 heterocycles. The Hall–Kier alpha value is -0.770. The van der Waals surface area contributed by atoms with E-state index in [0.29, 0.717) is 5.92 Å². The molecule has 0 spiro atoms. The molecule has 0 saturated heterocycles. The van der Waals surface area contributed by atoms with Gasteiger partial charge in [0.05, 0.1) is 12.6 Å². The topological polar surface area (TPSA) is 58.6 Å². The third-order valence-electron chi connectivity index (χ3n) is 5.74. The van der Waals surface area contributed by atoms with E-state index in [-0.39, 0.29) is 12.6 Å². The van der Waals surface area contributed by atoms with Gasteiger partial charge in [0.25, 0.3) is 0 Å². The highest BCUT2D eigenvalue weighted by Gasteiger charge is 2.53. The summed E-state index contributed by atoms with van der Waals surface area (Å²) < 4.78 is 5.30. The summed E-state index contributed by atoms with van der Waals surface area (Å²) in [5, 5.41) is 12.5. The van der Waals surface area contributed by atoms with Crippen molar-refractivity contribution in [2.75, 3.05) is 6.61 Å². The van der Waals surface area contributed by atoms with E-state index in [4.69, 9.17) is 4.74 Å². The minimum Gasteiger partial charge on any atom is -0.444 e. The maximum absolute atomic E-state index is 11.9. The van der Waals surface area contributed by atoms with Gasteiger partial charge in [-0.2, -0.15) is 0 Å². The van der Waals surface area contributed by atoms with Gasteiger partial charge in [-0.3, -0.25) is 0 Å². The van der Waals surface area contributed by atoms with Crippen molar-refractivity contribution in [3.05, 3.63) is 0 Å². The number of carbonyl (C=O) groups is 1. The molecular weight excluding hydrogens is 266 g/mol. The number of ether oxygens (including phenoxy) is 1. The molecule has 4 nitrogen and oxygen atoms in total. The highest BCUT2D eigenvalue weighted by Crippen LogP contribution is 2.61. The molecule has 120 valence electrons. The zero-order chi connectivity index (χ0) is 15.2. The molecule has 0 aliphatic heterocycles. The normalized spacial score (nSPS) is 38.6. The van der Waals surface area contributed by atoms with E-state index >= 15 is 0 Å². The summed E-state index contributed by atoms with van der Waals surface area (Å²) in [4.78, 5) is 11.9. The van der Waals surface area contributed by atoms with Crippen LogP contribution in [0, 0.1) is 29.6 Å². The van der Waals surface area contributed by atoms with Gasteiger partial charge in [-0.1, -0.05) is 0 Å². The Morgan fingerprint density at radius 3 is 2.57 bits per heavy atom. The lowest BCUT2D eigenvalue weighted by atomic mass is 9.73. The lowest BCUT2D eigenvalue weighted by molar-refractivity contribution is 0.0456. The van der Waals surface area contributed by atoms with Gasteiger partial charge in [0.1, 0.15) is 5.60 Å². The molecule has 2 N–H and O–H groups in total. The standard InChI is InChI=1S/C17H29NO3/c1-17(2,3)21-16(20)18-13(9-19)8-15-12-5-10-4-11(7-12)14(15)6-10/h10-15,19H,4-9H2,1-3H3,(H,18,20)/t10-,11-,12-,13-,14-,15-/m0/s1. The summed E-state index contributed by atoms with van der Waals surface area (Å²) in [6.45, 7) is 5.57. The number of rotatable bonds is 4. The summed E-state index contributed by atoms with van der Waals surface area (Å²) in [6.07, 6.45) is 6.08. The van der Waals surface area contributed by atoms with Crippen molar-refractivity contribution in [1.82, 2.24) is 5.32 Å². The maximum Gasteiger partial charge on any atom is 0.407 e. The van der Waals surface area contributed by atoms with Crippen molar-refractivity contribution in [2.24, 2.45) is 29.6 Å². The average Bonchev–Trinajstić information content (AvgIpc) is 2.77. The Morgan fingerprint density at radius 2 is 1.95 bits per heavy atom.